The number of nitrogens with zero attached hydrogens (tertiary/aromatic N) is 1. The topological polar surface area (TPSA) is 66.8 Å². The SMILES string of the molecule is COc1ccccc1CC(C)N(C)C(=O)C(C)(C)C(=O)O. The van der Waals surface area contributed by atoms with Crippen molar-refractivity contribution in [1.82, 2.24) is 4.90 Å². The standard InChI is InChI=1S/C16H23NO4/c1-11(10-12-8-6-7-9-13(12)21-5)17(4)14(18)16(2,3)15(19)20/h6-9,11H,10H2,1-5H3,(H,19,20). The molecule has 0 aromatic heterocycles. The molecule has 116 valence electrons. The molecule has 21 heavy (non-hydrogen) atoms. The second-order valence-electron chi connectivity index (χ2n) is 5.71. The number of carbonyl (C=O) groups excluding carboxylic acids is 1. The molecule has 0 aliphatic heterocycles. The van der Waals surface area contributed by atoms with Crippen LogP contribution in [0.25, 0.3) is 0 Å². The van der Waals surface area contributed by atoms with Crippen molar-refractivity contribution in [2.45, 2.75) is 33.2 Å². The third-order valence-electron chi connectivity index (χ3n) is 3.76. The second-order valence-corrected chi connectivity index (χ2v) is 5.71. The van der Waals surface area contributed by atoms with E-state index in [0.29, 0.717) is 6.42 Å². The van der Waals surface area contributed by atoms with Crippen molar-refractivity contribution in [3.8, 4) is 5.75 Å². The molecule has 0 heterocycles. The molecule has 1 unspecified atom stereocenters. The van der Waals surface area contributed by atoms with Crippen molar-refractivity contribution >= 4 is 11.9 Å². The van der Waals surface area contributed by atoms with E-state index in [1.165, 1.54) is 18.7 Å². The molecule has 0 saturated heterocycles. The summed E-state index contributed by atoms with van der Waals surface area (Å²) in [4.78, 5) is 25.0. The molecular formula is C16H23NO4. The van der Waals surface area contributed by atoms with Crippen molar-refractivity contribution in [1.29, 1.82) is 0 Å². The van der Waals surface area contributed by atoms with Gasteiger partial charge in [-0.2, -0.15) is 0 Å². The quantitative estimate of drug-likeness (QED) is 0.816. The molecule has 1 aromatic carbocycles. The summed E-state index contributed by atoms with van der Waals surface area (Å²) in [6, 6.07) is 7.47. The lowest BCUT2D eigenvalue weighted by atomic mass is 9.91. The minimum Gasteiger partial charge on any atom is -0.496 e. The predicted molar refractivity (Wildman–Crippen MR) is 80.3 cm³/mol. The van der Waals surface area contributed by atoms with E-state index in [-0.39, 0.29) is 6.04 Å². The maximum absolute atomic E-state index is 12.3. The first kappa shape index (κ1) is 17.0. The normalized spacial score (nSPS) is 12.6. The van der Waals surface area contributed by atoms with E-state index in [0.717, 1.165) is 11.3 Å². The summed E-state index contributed by atoms with van der Waals surface area (Å²) < 4.78 is 5.29. The van der Waals surface area contributed by atoms with Crippen molar-refractivity contribution in [2.75, 3.05) is 14.2 Å². The summed E-state index contributed by atoms with van der Waals surface area (Å²) in [7, 11) is 3.24. The van der Waals surface area contributed by atoms with Gasteiger partial charge in [0.1, 0.15) is 11.2 Å². The molecule has 1 N–H and O–H groups in total. The molecule has 0 bridgehead atoms. The fraction of sp³-hybridized carbons (Fsp3) is 0.500. The van der Waals surface area contributed by atoms with E-state index in [1.54, 1.807) is 14.2 Å². The van der Waals surface area contributed by atoms with Gasteiger partial charge in [0.05, 0.1) is 7.11 Å². The average Bonchev–Trinajstić information content (AvgIpc) is 2.45. The third-order valence-corrected chi connectivity index (χ3v) is 3.76. The molecule has 1 atom stereocenters. The molecular weight excluding hydrogens is 270 g/mol. The van der Waals surface area contributed by atoms with Gasteiger partial charge in [-0.15, -0.1) is 0 Å². The highest BCUT2D eigenvalue weighted by Gasteiger charge is 2.39. The van der Waals surface area contributed by atoms with Crippen LogP contribution in [0.15, 0.2) is 24.3 Å². The van der Waals surface area contributed by atoms with Gasteiger partial charge in [-0.3, -0.25) is 9.59 Å². The Hall–Kier alpha value is -2.04. The molecule has 5 heteroatoms. The monoisotopic (exact) mass is 293 g/mol. The van der Waals surface area contributed by atoms with Gasteiger partial charge in [0.2, 0.25) is 5.91 Å². The summed E-state index contributed by atoms with van der Waals surface area (Å²) in [5.74, 6) is -0.760. The van der Waals surface area contributed by atoms with E-state index in [9.17, 15) is 9.59 Å². The van der Waals surface area contributed by atoms with Crippen LogP contribution in [0.1, 0.15) is 26.3 Å². The zero-order valence-electron chi connectivity index (χ0n) is 13.2. The van der Waals surface area contributed by atoms with Gasteiger partial charge in [-0.25, -0.2) is 0 Å². The highest BCUT2D eigenvalue weighted by molar-refractivity contribution is 6.00. The summed E-state index contributed by atoms with van der Waals surface area (Å²) in [6.45, 7) is 4.73. The Bertz CT molecular complexity index is 525. The molecule has 1 amide bonds. The second kappa shape index (κ2) is 6.61. The summed E-state index contributed by atoms with van der Waals surface area (Å²) in [6.07, 6.45) is 0.599. The number of likely N-dealkylation sites (N-methyl/N-ethyl adjacent to an activating group) is 1. The minimum absolute atomic E-state index is 0.132. The van der Waals surface area contributed by atoms with Gasteiger partial charge in [0, 0.05) is 13.1 Å². The Morgan fingerprint density at radius 2 is 1.90 bits per heavy atom. The summed E-state index contributed by atoms with van der Waals surface area (Å²) in [5.41, 5.74) is -0.440. The van der Waals surface area contributed by atoms with Gasteiger partial charge in [-0.05, 0) is 38.8 Å². The first-order chi connectivity index (χ1) is 9.71. The highest BCUT2D eigenvalue weighted by Crippen LogP contribution is 2.23. The number of hydrogen-bond acceptors (Lipinski definition) is 3. The number of carboxylic acid groups (broad SMARTS) is 1. The molecule has 0 radical (unpaired) electrons. The number of ether oxygens (including phenoxy) is 1. The Morgan fingerprint density at radius 1 is 1.33 bits per heavy atom. The first-order valence-electron chi connectivity index (χ1n) is 6.84. The maximum atomic E-state index is 12.3. The number of benzene rings is 1. The largest absolute Gasteiger partial charge is 0.496 e. The van der Waals surface area contributed by atoms with Gasteiger partial charge in [0.15, 0.2) is 0 Å². The zero-order chi connectivity index (χ0) is 16.2. The Labute approximate surface area is 125 Å². The van der Waals surface area contributed by atoms with Gasteiger partial charge >= 0.3 is 5.97 Å². The fourth-order valence-electron chi connectivity index (χ4n) is 2.06. The third kappa shape index (κ3) is 3.74. The summed E-state index contributed by atoms with van der Waals surface area (Å²) >= 11 is 0. The smallest absolute Gasteiger partial charge is 0.318 e. The molecule has 5 nitrogen and oxygen atoms in total. The lowest BCUT2D eigenvalue weighted by Crippen LogP contribution is -2.47. The van der Waals surface area contributed by atoms with Gasteiger partial charge in [0.25, 0.3) is 0 Å². The Balaban J connectivity index is 2.86. The molecule has 0 aliphatic carbocycles. The number of rotatable bonds is 6. The number of carbonyl (C=O) groups is 2. The molecule has 1 aromatic rings. The van der Waals surface area contributed by atoms with E-state index in [4.69, 9.17) is 9.84 Å². The first-order valence-corrected chi connectivity index (χ1v) is 6.84. The fourth-order valence-corrected chi connectivity index (χ4v) is 2.06. The Morgan fingerprint density at radius 3 is 2.43 bits per heavy atom. The number of amides is 1. The van der Waals surface area contributed by atoms with Crippen LogP contribution < -0.4 is 4.74 Å². The van der Waals surface area contributed by atoms with E-state index in [2.05, 4.69) is 0 Å². The van der Waals surface area contributed by atoms with Crippen molar-refractivity contribution in [3.05, 3.63) is 29.8 Å². The molecule has 1 rings (SSSR count). The minimum atomic E-state index is -1.43. The van der Waals surface area contributed by atoms with Crippen molar-refractivity contribution in [2.24, 2.45) is 5.41 Å². The van der Waals surface area contributed by atoms with E-state index in [1.807, 2.05) is 31.2 Å². The van der Waals surface area contributed by atoms with Gasteiger partial charge in [-0.1, -0.05) is 18.2 Å². The highest BCUT2D eigenvalue weighted by atomic mass is 16.5. The van der Waals surface area contributed by atoms with Gasteiger partial charge < -0.3 is 14.7 Å². The molecule has 0 saturated carbocycles. The maximum Gasteiger partial charge on any atom is 0.318 e. The van der Waals surface area contributed by atoms with Crippen LogP contribution in [-0.2, 0) is 16.0 Å². The molecule has 0 fully saturated rings. The summed E-state index contributed by atoms with van der Waals surface area (Å²) in [5, 5.41) is 9.15. The van der Waals surface area contributed by atoms with Crippen LogP contribution in [0.3, 0.4) is 0 Å². The molecule has 0 aliphatic rings. The van der Waals surface area contributed by atoms with Crippen LogP contribution in [-0.4, -0.2) is 42.1 Å². The van der Waals surface area contributed by atoms with Crippen LogP contribution in [0.2, 0.25) is 0 Å². The van der Waals surface area contributed by atoms with E-state index >= 15 is 0 Å². The van der Waals surface area contributed by atoms with Crippen LogP contribution >= 0.6 is 0 Å². The Kier molecular flexibility index (Phi) is 5.35. The lowest BCUT2D eigenvalue weighted by molar-refractivity contribution is -0.158. The van der Waals surface area contributed by atoms with Crippen LogP contribution in [0.4, 0.5) is 0 Å². The predicted octanol–water partition coefficient (Wildman–Crippen LogP) is 2.20. The number of methoxy groups -OCH3 is 1. The van der Waals surface area contributed by atoms with Crippen molar-refractivity contribution in [3.63, 3.8) is 0 Å². The average molecular weight is 293 g/mol. The lowest BCUT2D eigenvalue weighted by Gasteiger charge is -2.31. The van der Waals surface area contributed by atoms with E-state index < -0.39 is 17.3 Å². The number of aliphatic carboxylic acids is 1. The molecule has 0 spiro atoms. The number of hydrogen-bond donors (Lipinski definition) is 1. The van der Waals surface area contributed by atoms with Crippen molar-refractivity contribution < 1.29 is 19.4 Å². The number of para-hydroxylation sites is 1. The zero-order valence-corrected chi connectivity index (χ0v) is 13.2. The van der Waals surface area contributed by atoms with Crippen LogP contribution in [0.5, 0.6) is 5.75 Å². The number of carboxylic acids is 1. The van der Waals surface area contributed by atoms with Crippen LogP contribution in [0, 0.1) is 5.41 Å².